The van der Waals surface area contributed by atoms with Crippen LogP contribution in [0, 0.1) is 5.92 Å². The van der Waals surface area contributed by atoms with Gasteiger partial charge < -0.3 is 16.2 Å². The summed E-state index contributed by atoms with van der Waals surface area (Å²) in [5, 5.41) is 1.20. The van der Waals surface area contributed by atoms with Crippen LogP contribution < -0.4 is 11.5 Å². The predicted octanol–water partition coefficient (Wildman–Crippen LogP) is 3.49. The lowest BCUT2D eigenvalue weighted by molar-refractivity contribution is 0.0667. The van der Waals surface area contributed by atoms with Gasteiger partial charge in [-0.2, -0.15) is 0 Å². The Hall–Kier alpha value is -2.18. The van der Waals surface area contributed by atoms with Gasteiger partial charge in [-0.3, -0.25) is 0 Å². The zero-order chi connectivity index (χ0) is 16.5. The number of nitrogens with two attached hydrogens (primary N) is 2. The summed E-state index contributed by atoms with van der Waals surface area (Å²) >= 11 is 1.78. The molecule has 0 spiro atoms. The molecule has 0 bridgehead atoms. The Labute approximate surface area is 144 Å². The van der Waals surface area contributed by atoms with Crippen LogP contribution in [0.3, 0.4) is 0 Å². The Morgan fingerprint density at radius 1 is 1.17 bits per heavy atom. The van der Waals surface area contributed by atoms with Crippen molar-refractivity contribution in [3.05, 3.63) is 35.3 Å². The third-order valence-corrected chi connectivity index (χ3v) is 5.58. The second-order valence-corrected chi connectivity index (χ2v) is 7.38. The van der Waals surface area contributed by atoms with E-state index in [0.29, 0.717) is 11.5 Å². The van der Waals surface area contributed by atoms with Gasteiger partial charge in [0.2, 0.25) is 0 Å². The fourth-order valence-corrected chi connectivity index (χ4v) is 4.24. The summed E-state index contributed by atoms with van der Waals surface area (Å²) < 4.78 is 5.45. The van der Waals surface area contributed by atoms with Gasteiger partial charge in [-0.1, -0.05) is 0 Å². The minimum absolute atomic E-state index is 0.356. The molecule has 124 valence electrons. The van der Waals surface area contributed by atoms with Gasteiger partial charge in [0.1, 0.15) is 10.6 Å². The van der Waals surface area contributed by atoms with Gasteiger partial charge in [0, 0.05) is 35.2 Å². The number of hydrogen-bond acceptors (Lipinski definition) is 6. The van der Waals surface area contributed by atoms with E-state index < -0.39 is 0 Å². The molecule has 24 heavy (non-hydrogen) atoms. The number of pyridine rings is 2. The number of aromatic nitrogens is 2. The van der Waals surface area contributed by atoms with Crippen molar-refractivity contribution in [1.29, 1.82) is 0 Å². The summed E-state index contributed by atoms with van der Waals surface area (Å²) in [6.07, 6.45) is 5.15. The van der Waals surface area contributed by atoms with Crippen molar-refractivity contribution in [2.75, 3.05) is 24.7 Å². The first kappa shape index (κ1) is 15.4. The quantitative estimate of drug-likeness (QED) is 0.762. The van der Waals surface area contributed by atoms with Crippen molar-refractivity contribution in [2.24, 2.45) is 5.92 Å². The molecule has 4 rings (SSSR count). The van der Waals surface area contributed by atoms with Gasteiger partial charge in [-0.25, -0.2) is 9.97 Å². The number of nitrogen functional groups attached to an aromatic ring is 2. The van der Waals surface area contributed by atoms with E-state index in [2.05, 4.69) is 17.1 Å². The van der Waals surface area contributed by atoms with Crippen LogP contribution in [0.2, 0.25) is 0 Å². The summed E-state index contributed by atoms with van der Waals surface area (Å²) in [5.74, 6) is 1.09. The molecule has 1 aliphatic heterocycles. The van der Waals surface area contributed by atoms with Crippen molar-refractivity contribution >= 4 is 33.1 Å². The molecule has 4 N–H and O–H groups in total. The minimum atomic E-state index is 0.356. The molecule has 1 aliphatic rings. The van der Waals surface area contributed by atoms with E-state index in [9.17, 15) is 0 Å². The lowest BCUT2D eigenvalue weighted by Gasteiger charge is -2.21. The zero-order valence-electron chi connectivity index (χ0n) is 13.4. The minimum Gasteiger partial charge on any atom is -0.396 e. The number of ether oxygens (including phenoxy) is 1. The molecule has 3 aromatic heterocycles. The van der Waals surface area contributed by atoms with Crippen molar-refractivity contribution in [3.8, 4) is 11.3 Å². The molecule has 0 radical (unpaired) electrons. The molecule has 0 saturated carbocycles. The van der Waals surface area contributed by atoms with Crippen LogP contribution in [0.4, 0.5) is 11.5 Å². The van der Waals surface area contributed by atoms with Gasteiger partial charge in [0.25, 0.3) is 0 Å². The monoisotopic (exact) mass is 340 g/mol. The van der Waals surface area contributed by atoms with Gasteiger partial charge in [0.05, 0.1) is 11.4 Å². The summed E-state index contributed by atoms with van der Waals surface area (Å²) in [7, 11) is 0. The molecule has 5 nitrogen and oxygen atoms in total. The second-order valence-electron chi connectivity index (χ2n) is 6.26. The van der Waals surface area contributed by atoms with Crippen LogP contribution in [0.1, 0.15) is 17.7 Å². The molecule has 4 heterocycles. The standard InChI is InChI=1S/C18H20N4OS/c19-15-9-13(10-21-17(15)20)16-2-1-12-8-14(24-18(12)22-16)7-11-3-5-23-6-4-11/h1-2,8-11H,3-7,19H2,(H2,20,21). The molecule has 1 saturated heterocycles. The van der Waals surface area contributed by atoms with Crippen LogP contribution in [0.15, 0.2) is 30.5 Å². The van der Waals surface area contributed by atoms with E-state index in [-0.39, 0.29) is 0 Å². The molecular weight excluding hydrogens is 320 g/mol. The molecule has 0 aromatic carbocycles. The van der Waals surface area contributed by atoms with Gasteiger partial charge >= 0.3 is 0 Å². The first-order valence-electron chi connectivity index (χ1n) is 8.17. The highest BCUT2D eigenvalue weighted by molar-refractivity contribution is 7.18. The number of fused-ring (bicyclic) bond motifs is 1. The fourth-order valence-electron chi connectivity index (χ4n) is 3.10. The van der Waals surface area contributed by atoms with Crippen molar-refractivity contribution in [2.45, 2.75) is 19.3 Å². The molecular formula is C18H20N4OS. The van der Waals surface area contributed by atoms with Gasteiger partial charge in [-0.05, 0) is 49.4 Å². The lowest BCUT2D eigenvalue weighted by atomic mass is 9.96. The van der Waals surface area contributed by atoms with E-state index in [1.807, 2.05) is 12.1 Å². The Balaban J connectivity index is 1.61. The Bertz CT molecular complexity index is 871. The topological polar surface area (TPSA) is 87.0 Å². The lowest BCUT2D eigenvalue weighted by Crippen LogP contribution is -2.17. The summed E-state index contributed by atoms with van der Waals surface area (Å²) in [4.78, 5) is 11.4. The number of rotatable bonds is 3. The zero-order valence-corrected chi connectivity index (χ0v) is 14.2. The Morgan fingerprint density at radius 3 is 2.79 bits per heavy atom. The molecule has 3 aromatic rings. The number of anilines is 2. The average Bonchev–Trinajstić information content (AvgIpc) is 2.99. The third-order valence-electron chi connectivity index (χ3n) is 4.51. The number of hydrogen-bond donors (Lipinski definition) is 2. The highest BCUT2D eigenvalue weighted by Gasteiger charge is 2.16. The maximum Gasteiger partial charge on any atom is 0.146 e. The number of nitrogens with zero attached hydrogens (tertiary/aromatic N) is 2. The van der Waals surface area contributed by atoms with Crippen LogP contribution in [0.5, 0.6) is 0 Å². The summed E-state index contributed by atoms with van der Waals surface area (Å²) in [6.45, 7) is 1.78. The maximum absolute atomic E-state index is 5.86. The first-order valence-corrected chi connectivity index (χ1v) is 8.99. The van der Waals surface area contributed by atoms with Gasteiger partial charge in [0.15, 0.2) is 0 Å². The largest absolute Gasteiger partial charge is 0.396 e. The smallest absolute Gasteiger partial charge is 0.146 e. The normalized spacial score (nSPS) is 15.8. The van der Waals surface area contributed by atoms with Crippen molar-refractivity contribution < 1.29 is 4.74 Å². The molecule has 0 atom stereocenters. The number of thiophene rings is 1. The fraction of sp³-hybridized carbons (Fsp3) is 0.333. The average molecular weight is 340 g/mol. The van der Waals surface area contributed by atoms with Crippen molar-refractivity contribution in [3.63, 3.8) is 0 Å². The molecule has 0 aliphatic carbocycles. The maximum atomic E-state index is 5.86. The van der Waals surface area contributed by atoms with E-state index in [1.165, 1.54) is 10.3 Å². The second kappa shape index (κ2) is 6.37. The van der Waals surface area contributed by atoms with E-state index in [0.717, 1.165) is 54.5 Å². The summed E-state index contributed by atoms with van der Waals surface area (Å²) in [6, 6.07) is 8.23. The predicted molar refractivity (Wildman–Crippen MR) is 98.9 cm³/mol. The van der Waals surface area contributed by atoms with E-state index >= 15 is 0 Å². The molecule has 0 amide bonds. The van der Waals surface area contributed by atoms with E-state index in [4.69, 9.17) is 21.2 Å². The van der Waals surface area contributed by atoms with Crippen LogP contribution in [-0.2, 0) is 11.2 Å². The Kier molecular flexibility index (Phi) is 4.08. The van der Waals surface area contributed by atoms with Crippen LogP contribution >= 0.6 is 11.3 Å². The molecule has 1 fully saturated rings. The molecule has 0 unspecified atom stereocenters. The third kappa shape index (κ3) is 3.07. The van der Waals surface area contributed by atoms with Crippen LogP contribution in [0.25, 0.3) is 21.5 Å². The molecule has 6 heteroatoms. The Morgan fingerprint density at radius 2 is 2.00 bits per heavy atom. The van der Waals surface area contributed by atoms with Crippen molar-refractivity contribution in [1.82, 2.24) is 9.97 Å². The van der Waals surface area contributed by atoms with Gasteiger partial charge in [-0.15, -0.1) is 11.3 Å². The first-order chi connectivity index (χ1) is 11.7. The van der Waals surface area contributed by atoms with E-state index in [1.54, 1.807) is 17.5 Å². The SMILES string of the molecule is Nc1cc(-c2ccc3cc(CC4CCOCC4)sc3n2)cnc1N. The van der Waals surface area contributed by atoms with Crippen LogP contribution in [-0.4, -0.2) is 23.2 Å². The highest BCUT2D eigenvalue weighted by Crippen LogP contribution is 2.31. The highest BCUT2D eigenvalue weighted by atomic mass is 32.1. The summed E-state index contributed by atoms with van der Waals surface area (Å²) in [5.41, 5.74) is 13.8.